The number of carbonyl (C=O) groups is 2. The second kappa shape index (κ2) is 13.3. The summed E-state index contributed by atoms with van der Waals surface area (Å²) in [7, 11) is 1.70. The van der Waals surface area contributed by atoms with Crippen molar-refractivity contribution in [1.29, 1.82) is 0 Å². The Morgan fingerprint density at radius 2 is 1.36 bits per heavy atom. The summed E-state index contributed by atoms with van der Waals surface area (Å²) in [6, 6.07) is 38.2. The van der Waals surface area contributed by atoms with Crippen LogP contribution in [0, 0.1) is 6.92 Å². The van der Waals surface area contributed by atoms with Crippen LogP contribution < -0.4 is 10.6 Å². The number of amides is 2. The van der Waals surface area contributed by atoms with Gasteiger partial charge in [-0.1, -0.05) is 103 Å². The van der Waals surface area contributed by atoms with Crippen molar-refractivity contribution >= 4 is 17.5 Å². The Morgan fingerprint density at radius 3 is 1.93 bits per heavy atom. The third kappa shape index (κ3) is 6.60. The molecule has 0 unspecified atom stereocenters. The lowest BCUT2D eigenvalue weighted by atomic mass is 9.84. The van der Waals surface area contributed by atoms with Gasteiger partial charge in [-0.25, -0.2) is 0 Å². The molecule has 0 spiro atoms. The van der Waals surface area contributed by atoms with Gasteiger partial charge in [0.1, 0.15) is 11.7 Å². The van der Waals surface area contributed by atoms with E-state index in [4.69, 9.17) is 0 Å². The van der Waals surface area contributed by atoms with Crippen molar-refractivity contribution in [3.05, 3.63) is 162 Å². The molecule has 4 aromatic carbocycles. The largest absolute Gasteiger partial charge is 0.338 e. The molecular weight excluding hydrogens is 560 g/mol. The van der Waals surface area contributed by atoms with Gasteiger partial charge in [0.2, 0.25) is 5.91 Å². The smallest absolute Gasteiger partial charge is 0.270 e. The molecule has 0 radical (unpaired) electrons. The van der Waals surface area contributed by atoms with E-state index in [0.29, 0.717) is 17.9 Å². The third-order valence-corrected chi connectivity index (χ3v) is 8.02. The van der Waals surface area contributed by atoms with E-state index < -0.39 is 12.0 Å². The van der Waals surface area contributed by atoms with Crippen LogP contribution in [0.5, 0.6) is 0 Å². The number of carbonyl (C=O) groups excluding carboxylic acids is 2. The van der Waals surface area contributed by atoms with E-state index in [9.17, 15) is 9.59 Å². The number of aromatic nitrogens is 4. The Balaban J connectivity index is 1.27. The Kier molecular flexibility index (Phi) is 8.64. The molecule has 224 valence electrons. The monoisotopic (exact) mass is 594 g/mol. The molecule has 8 heteroatoms. The first-order valence-corrected chi connectivity index (χ1v) is 14.8. The Morgan fingerprint density at radius 1 is 0.756 bits per heavy atom. The van der Waals surface area contributed by atoms with Crippen LogP contribution >= 0.6 is 0 Å². The van der Waals surface area contributed by atoms with E-state index in [-0.39, 0.29) is 11.8 Å². The fraction of sp³-hybridized carbons (Fsp3) is 0.135. The Hall–Kier alpha value is -5.76. The second-order valence-electron chi connectivity index (χ2n) is 10.9. The molecule has 0 bridgehead atoms. The summed E-state index contributed by atoms with van der Waals surface area (Å²) in [5, 5.41) is 14.8. The number of hydrogen-bond donors (Lipinski definition) is 2. The van der Waals surface area contributed by atoms with Gasteiger partial charge in [0, 0.05) is 36.1 Å². The first-order valence-electron chi connectivity index (χ1n) is 14.8. The SMILES string of the molecule is Cc1c(-c2ccc(NC(=O)[C@@H](NC(=O)c3ccnn3C)C(c3ccccc3)c3ccccc3)cc2)cnn1Cc1ccccc1. The van der Waals surface area contributed by atoms with Crippen LogP contribution in [0.1, 0.15) is 38.8 Å². The van der Waals surface area contributed by atoms with Crippen molar-refractivity contribution in [3.63, 3.8) is 0 Å². The summed E-state index contributed by atoms with van der Waals surface area (Å²) in [5.41, 5.74) is 7.07. The lowest BCUT2D eigenvalue weighted by Gasteiger charge is -2.28. The molecule has 6 aromatic rings. The lowest BCUT2D eigenvalue weighted by molar-refractivity contribution is -0.118. The zero-order valence-corrected chi connectivity index (χ0v) is 25.2. The van der Waals surface area contributed by atoms with Crippen LogP contribution in [0.4, 0.5) is 5.69 Å². The third-order valence-electron chi connectivity index (χ3n) is 8.02. The van der Waals surface area contributed by atoms with Crippen LogP contribution in [0.3, 0.4) is 0 Å². The highest BCUT2D eigenvalue weighted by Crippen LogP contribution is 2.30. The van der Waals surface area contributed by atoms with Crippen molar-refractivity contribution in [2.24, 2.45) is 7.05 Å². The summed E-state index contributed by atoms with van der Waals surface area (Å²) in [6.45, 7) is 2.75. The fourth-order valence-electron chi connectivity index (χ4n) is 5.61. The zero-order chi connectivity index (χ0) is 31.2. The number of aryl methyl sites for hydroxylation is 1. The highest BCUT2D eigenvalue weighted by molar-refractivity contribution is 6.01. The average molecular weight is 595 g/mol. The molecule has 6 rings (SSSR count). The maximum atomic E-state index is 14.1. The van der Waals surface area contributed by atoms with E-state index in [1.54, 1.807) is 19.3 Å². The number of rotatable bonds is 10. The number of nitrogens with one attached hydrogen (secondary N) is 2. The standard InChI is InChI=1S/C37H34N6O2/c1-26-32(24-39-43(26)25-27-12-6-3-7-13-27)28-18-20-31(21-19-28)40-37(45)35(41-36(44)33-22-23-38-42(33)2)34(29-14-8-4-9-15-29)30-16-10-5-11-17-30/h3-24,34-35H,25H2,1-2H3,(H,40,45)(H,41,44)/t35-/m0/s1. The molecule has 2 aromatic heterocycles. The van der Waals surface area contributed by atoms with Crippen LogP contribution in [0.15, 0.2) is 134 Å². The Labute approximate surface area is 262 Å². The van der Waals surface area contributed by atoms with Crippen LogP contribution in [-0.2, 0) is 18.4 Å². The van der Waals surface area contributed by atoms with Gasteiger partial charge in [-0.2, -0.15) is 10.2 Å². The van der Waals surface area contributed by atoms with Gasteiger partial charge in [-0.05, 0) is 47.4 Å². The maximum absolute atomic E-state index is 14.1. The van der Waals surface area contributed by atoms with Gasteiger partial charge in [-0.15, -0.1) is 0 Å². The summed E-state index contributed by atoms with van der Waals surface area (Å²) in [4.78, 5) is 27.6. The molecule has 2 amide bonds. The van der Waals surface area contributed by atoms with E-state index in [1.165, 1.54) is 10.2 Å². The van der Waals surface area contributed by atoms with Crippen LogP contribution in [0.25, 0.3) is 11.1 Å². The first-order chi connectivity index (χ1) is 22.0. The Bertz CT molecular complexity index is 1840. The van der Waals surface area contributed by atoms with Crippen molar-refractivity contribution in [2.45, 2.75) is 25.4 Å². The summed E-state index contributed by atoms with van der Waals surface area (Å²) >= 11 is 0. The highest BCUT2D eigenvalue weighted by Gasteiger charge is 2.33. The average Bonchev–Trinajstić information content (AvgIpc) is 3.67. The number of anilines is 1. The molecule has 2 N–H and O–H groups in total. The van der Waals surface area contributed by atoms with Gasteiger partial charge in [-0.3, -0.25) is 19.0 Å². The van der Waals surface area contributed by atoms with E-state index >= 15 is 0 Å². The van der Waals surface area contributed by atoms with E-state index in [2.05, 4.69) is 39.9 Å². The number of nitrogens with zero attached hydrogens (tertiary/aromatic N) is 4. The van der Waals surface area contributed by atoms with Gasteiger partial charge < -0.3 is 10.6 Å². The maximum Gasteiger partial charge on any atom is 0.270 e. The molecule has 0 saturated heterocycles. The van der Waals surface area contributed by atoms with E-state index in [0.717, 1.165) is 27.9 Å². The molecular formula is C37H34N6O2. The van der Waals surface area contributed by atoms with Gasteiger partial charge in [0.15, 0.2) is 0 Å². The van der Waals surface area contributed by atoms with Crippen LogP contribution in [-0.4, -0.2) is 37.4 Å². The summed E-state index contributed by atoms with van der Waals surface area (Å²) < 4.78 is 3.48. The van der Waals surface area contributed by atoms with Gasteiger partial charge >= 0.3 is 0 Å². The molecule has 8 nitrogen and oxygen atoms in total. The summed E-state index contributed by atoms with van der Waals surface area (Å²) in [6.07, 6.45) is 3.44. The zero-order valence-electron chi connectivity index (χ0n) is 25.2. The molecule has 0 saturated carbocycles. The lowest BCUT2D eigenvalue weighted by Crippen LogP contribution is -2.48. The van der Waals surface area contributed by atoms with Crippen molar-refractivity contribution < 1.29 is 9.59 Å². The topological polar surface area (TPSA) is 93.8 Å². The first kappa shape index (κ1) is 29.3. The molecule has 1 atom stereocenters. The minimum atomic E-state index is -0.921. The quantitative estimate of drug-likeness (QED) is 0.197. The second-order valence-corrected chi connectivity index (χ2v) is 10.9. The fourth-order valence-corrected chi connectivity index (χ4v) is 5.61. The molecule has 2 heterocycles. The molecule has 0 aliphatic rings. The minimum absolute atomic E-state index is 0.331. The van der Waals surface area contributed by atoms with Crippen molar-refractivity contribution in [3.8, 4) is 11.1 Å². The van der Waals surface area contributed by atoms with Gasteiger partial charge in [0.25, 0.3) is 5.91 Å². The normalized spacial score (nSPS) is 11.7. The number of hydrogen-bond acceptors (Lipinski definition) is 4. The molecule has 0 fully saturated rings. The minimum Gasteiger partial charge on any atom is -0.338 e. The van der Waals surface area contributed by atoms with Crippen molar-refractivity contribution in [1.82, 2.24) is 24.9 Å². The van der Waals surface area contributed by atoms with E-state index in [1.807, 2.05) is 114 Å². The van der Waals surface area contributed by atoms with Crippen LogP contribution in [0.2, 0.25) is 0 Å². The van der Waals surface area contributed by atoms with Crippen molar-refractivity contribution in [2.75, 3.05) is 5.32 Å². The molecule has 0 aliphatic carbocycles. The predicted octanol–water partition coefficient (Wildman–Crippen LogP) is 6.21. The van der Waals surface area contributed by atoms with Gasteiger partial charge in [0.05, 0.1) is 12.7 Å². The molecule has 0 aliphatic heterocycles. The predicted molar refractivity (Wildman–Crippen MR) is 176 cm³/mol. The summed E-state index contributed by atoms with van der Waals surface area (Å²) in [5.74, 6) is -1.16. The number of benzene rings is 4. The highest BCUT2D eigenvalue weighted by atomic mass is 16.2. The molecule has 45 heavy (non-hydrogen) atoms.